The molecule has 1 aromatic carbocycles. The van der Waals surface area contributed by atoms with Crippen LogP contribution in [0.5, 0.6) is 0 Å². The predicted molar refractivity (Wildman–Crippen MR) is 58.7 cm³/mol. The highest BCUT2D eigenvalue weighted by Crippen LogP contribution is 2.48. The Balaban J connectivity index is 2.33. The zero-order valence-electron chi connectivity index (χ0n) is 6.49. The first-order chi connectivity index (χ1) is 5.86. The second-order valence-electron chi connectivity index (χ2n) is 2.51. The third-order valence-corrected chi connectivity index (χ3v) is 3.97. The molecule has 0 amide bonds. The number of allylic oxidation sites excluding steroid dienone is 1. The van der Waals surface area contributed by atoms with Crippen LogP contribution >= 0.6 is 21.6 Å². The maximum Gasteiger partial charge on any atom is 0.0269 e. The van der Waals surface area contributed by atoms with Crippen LogP contribution in [0.25, 0.3) is 4.91 Å². The van der Waals surface area contributed by atoms with Gasteiger partial charge in [-0.25, -0.2) is 0 Å². The Labute approximate surface area is 80.2 Å². The smallest absolute Gasteiger partial charge is 0.0269 e. The molecule has 1 aliphatic rings. The Hall–Kier alpha value is -0.600. The van der Waals surface area contributed by atoms with E-state index >= 15 is 0 Å². The minimum atomic E-state index is 1.14. The fourth-order valence-corrected chi connectivity index (χ4v) is 3.05. The van der Waals surface area contributed by atoms with E-state index in [-0.39, 0.29) is 0 Å². The number of benzene rings is 1. The highest BCUT2D eigenvalue weighted by atomic mass is 33.1. The molecule has 0 atom stereocenters. The fraction of sp³-hybridized carbons (Fsp3) is 0. The molecule has 2 heteroatoms. The summed E-state index contributed by atoms with van der Waals surface area (Å²) in [6.07, 6.45) is 2.13. The molecule has 1 heterocycles. The molecule has 0 unspecified atom stereocenters. The van der Waals surface area contributed by atoms with Gasteiger partial charge in [-0.15, -0.1) is 0 Å². The molecule has 0 aromatic heterocycles. The Morgan fingerprint density at radius 2 is 1.75 bits per heavy atom. The van der Waals surface area contributed by atoms with Crippen molar-refractivity contribution in [2.45, 2.75) is 0 Å². The molecule has 0 radical (unpaired) electrons. The van der Waals surface area contributed by atoms with Crippen LogP contribution in [0.4, 0.5) is 0 Å². The van der Waals surface area contributed by atoms with Gasteiger partial charge in [-0.2, -0.15) is 0 Å². The zero-order chi connectivity index (χ0) is 8.39. The summed E-state index contributed by atoms with van der Waals surface area (Å²) < 4.78 is 0. The molecule has 0 saturated carbocycles. The first-order valence-corrected chi connectivity index (χ1v) is 5.82. The minimum absolute atomic E-state index is 1.14. The largest absolute Gasteiger partial charge is 0.0844 e. The van der Waals surface area contributed by atoms with Gasteiger partial charge in [-0.1, -0.05) is 58.5 Å². The van der Waals surface area contributed by atoms with E-state index in [0.29, 0.717) is 0 Å². The number of hydrogen-bond acceptors (Lipinski definition) is 2. The summed E-state index contributed by atoms with van der Waals surface area (Å²) in [6.45, 7) is 3.90. The highest BCUT2D eigenvalue weighted by molar-refractivity contribution is 8.82. The van der Waals surface area contributed by atoms with Crippen molar-refractivity contribution < 1.29 is 0 Å². The highest BCUT2D eigenvalue weighted by Gasteiger charge is 2.10. The molecule has 0 nitrogen and oxygen atoms in total. The first kappa shape index (κ1) is 8.02. The molecule has 0 fully saturated rings. The Morgan fingerprint density at radius 1 is 1.00 bits per heavy atom. The molecule has 1 aromatic rings. The maximum atomic E-state index is 3.90. The van der Waals surface area contributed by atoms with Gasteiger partial charge in [-0.05, 0) is 11.6 Å². The van der Waals surface area contributed by atoms with Crippen molar-refractivity contribution in [1.29, 1.82) is 0 Å². The van der Waals surface area contributed by atoms with E-state index in [9.17, 15) is 0 Å². The van der Waals surface area contributed by atoms with Gasteiger partial charge in [0.05, 0.1) is 0 Å². The number of rotatable bonds is 1. The van der Waals surface area contributed by atoms with Crippen LogP contribution in [-0.4, -0.2) is 0 Å². The van der Waals surface area contributed by atoms with E-state index in [0.717, 1.165) is 4.91 Å². The monoisotopic (exact) mass is 192 g/mol. The van der Waals surface area contributed by atoms with Crippen molar-refractivity contribution in [3.63, 3.8) is 0 Å². The first-order valence-electron chi connectivity index (χ1n) is 3.67. The van der Waals surface area contributed by atoms with Crippen LogP contribution in [-0.2, 0) is 0 Å². The van der Waals surface area contributed by atoms with E-state index < -0.39 is 0 Å². The van der Waals surface area contributed by atoms with Crippen molar-refractivity contribution in [3.05, 3.63) is 53.5 Å². The van der Waals surface area contributed by atoms with E-state index in [4.69, 9.17) is 0 Å². The van der Waals surface area contributed by atoms with Gasteiger partial charge in [-0.3, -0.25) is 0 Å². The van der Waals surface area contributed by atoms with Crippen LogP contribution in [0, 0.1) is 0 Å². The predicted octanol–water partition coefficient (Wildman–Crippen LogP) is 3.94. The van der Waals surface area contributed by atoms with Crippen LogP contribution in [0.2, 0.25) is 0 Å². The molecule has 0 spiro atoms. The second kappa shape index (κ2) is 3.42. The van der Waals surface area contributed by atoms with E-state index in [2.05, 4.69) is 36.9 Å². The molecule has 0 saturated heterocycles. The maximum absolute atomic E-state index is 3.90. The third-order valence-electron chi connectivity index (χ3n) is 1.59. The molecule has 2 rings (SSSR count). The molecular formula is C10H8S2. The third kappa shape index (κ3) is 1.59. The van der Waals surface area contributed by atoms with Crippen LogP contribution in [0.3, 0.4) is 0 Å². The summed E-state index contributed by atoms with van der Waals surface area (Å²) in [5.41, 5.74) is 1.29. The minimum Gasteiger partial charge on any atom is -0.0844 e. The zero-order valence-corrected chi connectivity index (χ0v) is 8.12. The molecule has 0 bridgehead atoms. The van der Waals surface area contributed by atoms with Crippen molar-refractivity contribution >= 4 is 26.5 Å². The van der Waals surface area contributed by atoms with E-state index in [1.54, 1.807) is 21.6 Å². The Morgan fingerprint density at radius 3 is 2.33 bits per heavy atom. The molecule has 0 N–H and O–H groups in total. The summed E-state index contributed by atoms with van der Waals surface area (Å²) in [5.74, 6) is 0. The summed E-state index contributed by atoms with van der Waals surface area (Å²) in [5, 5.41) is 0. The lowest BCUT2D eigenvalue weighted by Crippen LogP contribution is -1.73. The standard InChI is InChI=1S/C10H8S2/c1-8-7-10(12-11-8)9-5-3-2-4-6-9/h2-7H,1H2. The van der Waals surface area contributed by atoms with Crippen molar-refractivity contribution in [1.82, 2.24) is 0 Å². The topological polar surface area (TPSA) is 0 Å². The van der Waals surface area contributed by atoms with Crippen LogP contribution in [0.1, 0.15) is 5.56 Å². The summed E-state index contributed by atoms with van der Waals surface area (Å²) in [4.78, 5) is 2.45. The summed E-state index contributed by atoms with van der Waals surface area (Å²) in [6, 6.07) is 10.4. The van der Waals surface area contributed by atoms with E-state index in [1.807, 2.05) is 6.07 Å². The molecule has 12 heavy (non-hydrogen) atoms. The van der Waals surface area contributed by atoms with Crippen LogP contribution < -0.4 is 0 Å². The number of hydrogen-bond donors (Lipinski definition) is 0. The normalized spacial score (nSPS) is 16.3. The molecule has 0 aliphatic carbocycles. The lowest BCUT2D eigenvalue weighted by Gasteiger charge is -1.97. The van der Waals surface area contributed by atoms with Crippen LogP contribution in [0.15, 0.2) is 47.9 Å². The summed E-state index contributed by atoms with van der Waals surface area (Å²) in [7, 11) is 3.51. The van der Waals surface area contributed by atoms with Crippen molar-refractivity contribution in [3.8, 4) is 0 Å². The Kier molecular flexibility index (Phi) is 2.28. The van der Waals surface area contributed by atoms with Gasteiger partial charge >= 0.3 is 0 Å². The van der Waals surface area contributed by atoms with Gasteiger partial charge < -0.3 is 0 Å². The van der Waals surface area contributed by atoms with E-state index in [1.165, 1.54) is 10.5 Å². The quantitative estimate of drug-likeness (QED) is 0.618. The second-order valence-corrected chi connectivity index (χ2v) is 4.81. The molecule has 60 valence electrons. The fourth-order valence-electron chi connectivity index (χ4n) is 1.03. The van der Waals surface area contributed by atoms with Gasteiger partial charge in [0.15, 0.2) is 0 Å². The van der Waals surface area contributed by atoms with Gasteiger partial charge in [0, 0.05) is 9.81 Å². The summed E-state index contributed by atoms with van der Waals surface area (Å²) >= 11 is 0. The average Bonchev–Trinajstić information content (AvgIpc) is 2.54. The van der Waals surface area contributed by atoms with Crippen molar-refractivity contribution in [2.24, 2.45) is 0 Å². The van der Waals surface area contributed by atoms with Gasteiger partial charge in [0.2, 0.25) is 0 Å². The van der Waals surface area contributed by atoms with Gasteiger partial charge in [0.25, 0.3) is 0 Å². The Bertz CT molecular complexity index is 325. The average molecular weight is 192 g/mol. The molecule has 1 aliphatic heterocycles. The van der Waals surface area contributed by atoms with Gasteiger partial charge in [0.1, 0.15) is 0 Å². The lowest BCUT2D eigenvalue weighted by atomic mass is 10.2. The van der Waals surface area contributed by atoms with Crippen molar-refractivity contribution in [2.75, 3.05) is 0 Å². The SMILES string of the molecule is C=C1C=C(c2ccccc2)SS1. The lowest BCUT2D eigenvalue weighted by molar-refractivity contribution is 1.65. The molecular weight excluding hydrogens is 184 g/mol.